The molecular formula is C16H22N2O6S2. The van der Waals surface area contributed by atoms with Crippen molar-refractivity contribution < 1.29 is 26.4 Å². The molecule has 0 bridgehead atoms. The molecule has 1 aromatic rings. The van der Waals surface area contributed by atoms with Gasteiger partial charge in [-0.2, -0.15) is 4.31 Å². The van der Waals surface area contributed by atoms with Crippen molar-refractivity contribution in [3.8, 4) is 0 Å². The maximum atomic E-state index is 12.8. The average Bonchev–Trinajstić information content (AvgIpc) is 2.71. The number of rotatable bonds is 3. The molecule has 2 saturated heterocycles. The molecule has 0 atom stereocenters. The number of aryl methyl sites for hydroxylation is 1. The molecule has 0 unspecified atom stereocenters. The lowest BCUT2D eigenvalue weighted by molar-refractivity contribution is -0.123. The predicted molar refractivity (Wildman–Crippen MR) is 95.8 cm³/mol. The van der Waals surface area contributed by atoms with Crippen LogP contribution in [0.2, 0.25) is 0 Å². The third-order valence-corrected chi connectivity index (χ3v) is 8.64. The molecular weight excluding hydrogens is 380 g/mol. The number of amides is 1. The molecule has 0 spiro atoms. The molecule has 3 rings (SSSR count). The van der Waals surface area contributed by atoms with Crippen LogP contribution < -0.4 is 4.31 Å². The van der Waals surface area contributed by atoms with Crippen LogP contribution in [-0.4, -0.2) is 59.1 Å². The van der Waals surface area contributed by atoms with Crippen molar-refractivity contribution in [2.24, 2.45) is 5.41 Å². The van der Waals surface area contributed by atoms with Gasteiger partial charge in [0.1, 0.15) is 0 Å². The van der Waals surface area contributed by atoms with Crippen molar-refractivity contribution in [1.29, 1.82) is 0 Å². The molecule has 8 nitrogen and oxygen atoms in total. The first-order valence-electron chi connectivity index (χ1n) is 8.23. The van der Waals surface area contributed by atoms with Crippen LogP contribution in [-0.2, 0) is 29.6 Å². The topological polar surface area (TPSA) is 101 Å². The molecule has 1 amide bonds. The minimum atomic E-state index is -3.78. The van der Waals surface area contributed by atoms with Crippen LogP contribution in [0.4, 0.5) is 5.69 Å². The Hall–Kier alpha value is -1.49. The standard InChI is InChI=1S/C16H22N2O6S2/c1-12-10-13(18-15(19)16(2,3)11-25(18,20)21)4-5-14(12)26(22,23)17-6-8-24-9-7-17/h4-5,10H,6-9,11H2,1-3H3. The van der Waals surface area contributed by atoms with Gasteiger partial charge in [0.2, 0.25) is 26.0 Å². The van der Waals surface area contributed by atoms with Gasteiger partial charge < -0.3 is 4.74 Å². The highest BCUT2D eigenvalue weighted by Crippen LogP contribution is 2.37. The fourth-order valence-electron chi connectivity index (χ4n) is 3.24. The number of hydrogen-bond donors (Lipinski definition) is 0. The minimum absolute atomic E-state index is 0.103. The Morgan fingerprint density at radius 1 is 1.15 bits per heavy atom. The molecule has 26 heavy (non-hydrogen) atoms. The van der Waals surface area contributed by atoms with Gasteiger partial charge in [-0.1, -0.05) is 0 Å². The Kier molecular flexibility index (Phi) is 4.67. The first kappa shape index (κ1) is 19.3. The smallest absolute Gasteiger partial charge is 0.247 e. The molecule has 2 heterocycles. The van der Waals surface area contributed by atoms with E-state index in [1.807, 2.05) is 0 Å². The van der Waals surface area contributed by atoms with Gasteiger partial charge in [0.05, 0.1) is 35.0 Å². The van der Waals surface area contributed by atoms with Crippen LogP contribution in [0.15, 0.2) is 23.1 Å². The summed E-state index contributed by atoms with van der Waals surface area (Å²) in [5.41, 5.74) is -0.452. The Morgan fingerprint density at radius 2 is 1.77 bits per heavy atom. The van der Waals surface area contributed by atoms with Gasteiger partial charge >= 0.3 is 0 Å². The molecule has 2 aliphatic heterocycles. The summed E-state index contributed by atoms with van der Waals surface area (Å²) in [6.45, 7) is 5.98. The van der Waals surface area contributed by atoms with Crippen LogP contribution in [0, 0.1) is 12.3 Å². The zero-order valence-electron chi connectivity index (χ0n) is 14.9. The van der Waals surface area contributed by atoms with E-state index in [1.165, 1.54) is 22.5 Å². The number of morpholine rings is 1. The van der Waals surface area contributed by atoms with Gasteiger partial charge in [0, 0.05) is 13.1 Å². The Morgan fingerprint density at radius 3 is 2.27 bits per heavy atom. The van der Waals surface area contributed by atoms with E-state index in [0.717, 1.165) is 4.31 Å². The van der Waals surface area contributed by atoms with Gasteiger partial charge in [0.25, 0.3) is 0 Å². The lowest BCUT2D eigenvalue weighted by Gasteiger charge is -2.27. The molecule has 0 N–H and O–H groups in total. The van der Waals surface area contributed by atoms with Crippen molar-refractivity contribution >= 4 is 31.6 Å². The quantitative estimate of drug-likeness (QED) is 0.738. The number of hydrogen-bond acceptors (Lipinski definition) is 6. The van der Waals surface area contributed by atoms with Crippen LogP contribution in [0.25, 0.3) is 0 Å². The van der Waals surface area contributed by atoms with E-state index in [0.29, 0.717) is 18.8 Å². The highest BCUT2D eigenvalue weighted by molar-refractivity contribution is 7.94. The van der Waals surface area contributed by atoms with E-state index < -0.39 is 31.4 Å². The fourth-order valence-corrected chi connectivity index (χ4v) is 6.95. The van der Waals surface area contributed by atoms with Crippen LogP contribution in [0.3, 0.4) is 0 Å². The Bertz CT molecular complexity index is 947. The van der Waals surface area contributed by atoms with E-state index in [9.17, 15) is 21.6 Å². The normalized spacial score (nSPS) is 23.3. The summed E-state index contributed by atoms with van der Waals surface area (Å²) in [6, 6.07) is 4.17. The second kappa shape index (κ2) is 6.29. The van der Waals surface area contributed by atoms with Crippen LogP contribution in [0.5, 0.6) is 0 Å². The van der Waals surface area contributed by atoms with Crippen LogP contribution >= 0.6 is 0 Å². The van der Waals surface area contributed by atoms with Gasteiger partial charge in [0.15, 0.2) is 0 Å². The third kappa shape index (κ3) is 3.15. The average molecular weight is 402 g/mol. The molecule has 2 fully saturated rings. The third-order valence-electron chi connectivity index (χ3n) is 4.57. The molecule has 0 aliphatic carbocycles. The van der Waals surface area contributed by atoms with Gasteiger partial charge in [-0.25, -0.2) is 21.1 Å². The zero-order valence-corrected chi connectivity index (χ0v) is 16.6. The molecule has 10 heteroatoms. The summed E-state index contributed by atoms with van der Waals surface area (Å²) < 4.78 is 57.7. The molecule has 144 valence electrons. The van der Waals surface area contributed by atoms with Crippen molar-refractivity contribution in [1.82, 2.24) is 4.31 Å². The number of nitrogens with zero attached hydrogens (tertiary/aromatic N) is 2. The highest BCUT2D eigenvalue weighted by atomic mass is 32.2. The number of sulfonamides is 2. The van der Waals surface area contributed by atoms with Crippen LogP contribution in [0.1, 0.15) is 19.4 Å². The Balaban J connectivity index is 2.00. The molecule has 0 aromatic heterocycles. The highest BCUT2D eigenvalue weighted by Gasteiger charge is 2.50. The van der Waals surface area contributed by atoms with E-state index in [4.69, 9.17) is 4.74 Å². The number of carbonyl (C=O) groups is 1. The molecule has 2 aliphatic rings. The van der Waals surface area contributed by atoms with Gasteiger partial charge in [-0.05, 0) is 44.5 Å². The van der Waals surface area contributed by atoms with Gasteiger partial charge in [-0.3, -0.25) is 4.79 Å². The monoisotopic (exact) mass is 402 g/mol. The zero-order chi connectivity index (χ0) is 19.3. The number of ether oxygens (including phenoxy) is 1. The largest absolute Gasteiger partial charge is 0.379 e. The second-order valence-electron chi connectivity index (χ2n) is 7.18. The molecule has 0 saturated carbocycles. The van der Waals surface area contributed by atoms with E-state index in [-0.39, 0.29) is 29.4 Å². The summed E-state index contributed by atoms with van der Waals surface area (Å²) in [6.07, 6.45) is 0. The fraction of sp³-hybridized carbons (Fsp3) is 0.562. The second-order valence-corrected chi connectivity index (χ2v) is 10.9. The van der Waals surface area contributed by atoms with Crippen molar-refractivity contribution in [3.05, 3.63) is 23.8 Å². The van der Waals surface area contributed by atoms with Crippen molar-refractivity contribution in [3.63, 3.8) is 0 Å². The summed E-state index contributed by atoms with van der Waals surface area (Å²) in [7, 11) is -7.47. The summed E-state index contributed by atoms with van der Waals surface area (Å²) in [5, 5.41) is 0. The lowest BCUT2D eigenvalue weighted by atomic mass is 9.95. The Labute approximate surface area is 153 Å². The van der Waals surface area contributed by atoms with E-state index in [2.05, 4.69) is 0 Å². The maximum absolute atomic E-state index is 12.8. The van der Waals surface area contributed by atoms with Crippen molar-refractivity contribution in [2.45, 2.75) is 25.7 Å². The van der Waals surface area contributed by atoms with Crippen molar-refractivity contribution in [2.75, 3.05) is 36.4 Å². The first-order chi connectivity index (χ1) is 12.0. The van der Waals surface area contributed by atoms with Gasteiger partial charge in [-0.15, -0.1) is 0 Å². The molecule has 1 aromatic carbocycles. The maximum Gasteiger partial charge on any atom is 0.247 e. The van der Waals surface area contributed by atoms with E-state index >= 15 is 0 Å². The number of benzene rings is 1. The predicted octanol–water partition coefficient (Wildman–Crippen LogP) is 0.719. The number of anilines is 1. The summed E-state index contributed by atoms with van der Waals surface area (Å²) >= 11 is 0. The first-order valence-corrected chi connectivity index (χ1v) is 11.3. The minimum Gasteiger partial charge on any atom is -0.379 e. The lowest BCUT2D eigenvalue weighted by Crippen LogP contribution is -2.40. The number of carbonyl (C=O) groups excluding carboxylic acids is 1. The van der Waals surface area contributed by atoms with E-state index in [1.54, 1.807) is 20.8 Å². The molecule has 0 radical (unpaired) electrons. The SMILES string of the molecule is Cc1cc(N2C(=O)C(C)(C)CS2(=O)=O)ccc1S(=O)(=O)N1CCOCC1. The summed E-state index contributed by atoms with van der Waals surface area (Å²) in [4.78, 5) is 12.6. The summed E-state index contributed by atoms with van der Waals surface area (Å²) in [5.74, 6) is -0.785.